The Morgan fingerprint density at radius 2 is 1.47 bits per heavy atom. The molecule has 2 atom stereocenters. The fraction of sp³-hybridized carbons (Fsp3) is 0.391. The molecule has 0 bridgehead atoms. The smallest absolute Gasteiger partial charge is 0.324 e. The third kappa shape index (κ3) is 6.00. The van der Waals surface area contributed by atoms with Gasteiger partial charge in [0.15, 0.2) is 6.10 Å². The number of sulfonamides is 1. The number of aryl methyl sites for hydroxylation is 1. The predicted octanol–water partition coefficient (Wildman–Crippen LogP) is 3.77. The van der Waals surface area contributed by atoms with Crippen LogP contribution in [0.2, 0.25) is 0 Å². The van der Waals surface area contributed by atoms with E-state index in [0.717, 1.165) is 11.1 Å². The zero-order chi connectivity index (χ0) is 22.7. The van der Waals surface area contributed by atoms with Crippen LogP contribution < -0.4 is 4.72 Å². The number of hydrogen-bond acceptors (Lipinski definition) is 5. The number of hydrogen-bond donors (Lipinski definition) is 1. The molecule has 0 spiro atoms. The minimum Gasteiger partial charge on any atom is -0.453 e. The lowest BCUT2D eigenvalue weighted by Crippen LogP contribution is -2.41. The van der Waals surface area contributed by atoms with Crippen LogP contribution in [0.5, 0.6) is 0 Å². The Kier molecular flexibility index (Phi) is 7.21. The first-order valence-corrected chi connectivity index (χ1v) is 11.2. The van der Waals surface area contributed by atoms with Crippen molar-refractivity contribution in [1.82, 2.24) is 4.72 Å². The normalized spacial score (nSPS) is 14.1. The van der Waals surface area contributed by atoms with Gasteiger partial charge >= 0.3 is 5.97 Å². The van der Waals surface area contributed by atoms with Crippen LogP contribution in [0.4, 0.5) is 0 Å². The average Bonchev–Trinajstić information content (AvgIpc) is 2.66. The van der Waals surface area contributed by atoms with Gasteiger partial charge < -0.3 is 4.74 Å². The van der Waals surface area contributed by atoms with E-state index in [0.29, 0.717) is 5.56 Å². The zero-order valence-electron chi connectivity index (χ0n) is 18.2. The number of carbonyl (C=O) groups excluding carboxylic acids is 2. The van der Waals surface area contributed by atoms with Gasteiger partial charge in [-0.2, -0.15) is 4.72 Å². The Hall–Kier alpha value is -2.51. The molecule has 0 saturated heterocycles. The molecule has 1 N–H and O–H groups in total. The molecule has 0 aliphatic heterocycles. The zero-order valence-corrected chi connectivity index (χ0v) is 19.0. The summed E-state index contributed by atoms with van der Waals surface area (Å²) < 4.78 is 32.4. The van der Waals surface area contributed by atoms with Gasteiger partial charge in [0.1, 0.15) is 6.04 Å². The van der Waals surface area contributed by atoms with Crippen molar-refractivity contribution < 1.29 is 22.7 Å². The number of carbonyl (C=O) groups is 2. The molecule has 162 valence electrons. The van der Waals surface area contributed by atoms with Crippen molar-refractivity contribution in [3.63, 3.8) is 0 Å². The van der Waals surface area contributed by atoms with Gasteiger partial charge in [-0.1, -0.05) is 62.7 Å². The van der Waals surface area contributed by atoms with Gasteiger partial charge in [0.25, 0.3) is 0 Å². The predicted molar refractivity (Wildman–Crippen MR) is 116 cm³/mol. The van der Waals surface area contributed by atoms with E-state index in [1.165, 1.54) is 26.0 Å². The van der Waals surface area contributed by atoms with Crippen LogP contribution in [0.25, 0.3) is 0 Å². The molecule has 0 radical (unpaired) electrons. The quantitative estimate of drug-likeness (QED) is 0.532. The van der Waals surface area contributed by atoms with Crippen LogP contribution >= 0.6 is 0 Å². The van der Waals surface area contributed by atoms with Crippen LogP contribution in [0.1, 0.15) is 56.1 Å². The maximum Gasteiger partial charge on any atom is 0.324 e. The second-order valence-corrected chi connectivity index (χ2v) is 10.1. The fourth-order valence-corrected chi connectivity index (χ4v) is 3.96. The number of Topliss-reactive ketones (excluding diaryl/α,β-unsaturated/α-hetero) is 1. The molecular formula is C23H29NO5S. The molecule has 2 aromatic rings. The van der Waals surface area contributed by atoms with Gasteiger partial charge in [-0.05, 0) is 43.9 Å². The summed E-state index contributed by atoms with van der Waals surface area (Å²) in [5, 5.41) is 0. The standard InChI is InChI=1S/C23H29NO5S/c1-15-7-13-20(14-8-15)30(27,28)24-16(2)22(26)29-17(3)21(25)18-9-11-19(12-10-18)23(4,5)6/h7-14,16-17,24H,1-6H3/t16-,17?/m0/s1. The first-order valence-electron chi connectivity index (χ1n) is 9.75. The van der Waals surface area contributed by atoms with Crippen molar-refractivity contribution in [2.24, 2.45) is 0 Å². The SMILES string of the molecule is Cc1ccc(S(=O)(=O)N[C@@H](C)C(=O)OC(C)C(=O)c2ccc(C(C)(C)C)cc2)cc1. The number of nitrogens with one attached hydrogen (secondary N) is 1. The second kappa shape index (κ2) is 9.10. The Morgan fingerprint density at radius 1 is 0.933 bits per heavy atom. The highest BCUT2D eigenvalue weighted by molar-refractivity contribution is 7.89. The van der Waals surface area contributed by atoms with Gasteiger partial charge in [0.2, 0.25) is 15.8 Å². The van der Waals surface area contributed by atoms with Crippen molar-refractivity contribution in [1.29, 1.82) is 0 Å². The van der Waals surface area contributed by atoms with E-state index in [2.05, 4.69) is 25.5 Å². The summed E-state index contributed by atoms with van der Waals surface area (Å²) in [5.41, 5.74) is 2.40. The molecule has 2 rings (SSSR count). The molecule has 0 fully saturated rings. The molecule has 6 nitrogen and oxygen atoms in total. The molecule has 0 aliphatic rings. The van der Waals surface area contributed by atoms with E-state index in [9.17, 15) is 18.0 Å². The molecule has 0 aliphatic carbocycles. The molecule has 0 amide bonds. The minimum absolute atomic E-state index is 0.0380. The van der Waals surface area contributed by atoms with Gasteiger partial charge in [-0.25, -0.2) is 8.42 Å². The second-order valence-electron chi connectivity index (χ2n) is 8.43. The molecule has 0 heterocycles. The number of ether oxygens (including phenoxy) is 1. The van der Waals surface area contributed by atoms with E-state index in [1.807, 2.05) is 19.1 Å². The van der Waals surface area contributed by atoms with Crippen molar-refractivity contribution in [3.05, 3.63) is 65.2 Å². The third-order valence-electron chi connectivity index (χ3n) is 4.71. The van der Waals surface area contributed by atoms with Crippen LogP contribution in [0.3, 0.4) is 0 Å². The molecule has 1 unspecified atom stereocenters. The summed E-state index contributed by atoms with van der Waals surface area (Å²) in [6, 6.07) is 12.3. The maximum atomic E-state index is 12.6. The largest absolute Gasteiger partial charge is 0.453 e. The molecule has 0 aromatic heterocycles. The van der Waals surface area contributed by atoms with Crippen LogP contribution in [-0.4, -0.2) is 32.3 Å². The summed E-state index contributed by atoms with van der Waals surface area (Å²) in [7, 11) is -3.88. The number of ketones is 1. The molecule has 2 aromatic carbocycles. The lowest BCUT2D eigenvalue weighted by Gasteiger charge is -2.20. The highest BCUT2D eigenvalue weighted by Gasteiger charge is 2.27. The Bertz CT molecular complexity index is 1000. The topological polar surface area (TPSA) is 89.5 Å². The van der Waals surface area contributed by atoms with Crippen LogP contribution in [-0.2, 0) is 25.0 Å². The van der Waals surface area contributed by atoms with E-state index in [1.54, 1.807) is 24.3 Å². The van der Waals surface area contributed by atoms with Gasteiger partial charge in [-0.3, -0.25) is 9.59 Å². The molecular weight excluding hydrogens is 402 g/mol. The lowest BCUT2D eigenvalue weighted by molar-refractivity contribution is -0.147. The Morgan fingerprint density at radius 3 is 1.97 bits per heavy atom. The fourth-order valence-electron chi connectivity index (χ4n) is 2.77. The summed E-state index contributed by atoms with van der Waals surface area (Å²) >= 11 is 0. The summed E-state index contributed by atoms with van der Waals surface area (Å²) in [4.78, 5) is 25.0. The van der Waals surface area contributed by atoms with E-state index >= 15 is 0 Å². The summed E-state index contributed by atoms with van der Waals surface area (Å²) in [5.74, 6) is -1.17. The number of rotatable bonds is 7. The molecule has 30 heavy (non-hydrogen) atoms. The first-order chi connectivity index (χ1) is 13.8. The first kappa shape index (κ1) is 23.8. The van der Waals surface area contributed by atoms with Crippen molar-refractivity contribution in [2.75, 3.05) is 0 Å². The Balaban J connectivity index is 2.02. The lowest BCUT2D eigenvalue weighted by atomic mass is 9.86. The van der Waals surface area contributed by atoms with E-state index in [4.69, 9.17) is 4.74 Å². The van der Waals surface area contributed by atoms with E-state index in [-0.39, 0.29) is 16.1 Å². The summed E-state index contributed by atoms with van der Waals surface area (Å²) in [6.07, 6.45) is -1.04. The van der Waals surface area contributed by atoms with Gasteiger partial charge in [0, 0.05) is 5.56 Å². The van der Waals surface area contributed by atoms with E-state index < -0.39 is 28.1 Å². The minimum atomic E-state index is -3.88. The van der Waals surface area contributed by atoms with Crippen molar-refractivity contribution >= 4 is 21.8 Å². The maximum absolute atomic E-state index is 12.6. The van der Waals surface area contributed by atoms with Gasteiger partial charge in [0.05, 0.1) is 4.90 Å². The third-order valence-corrected chi connectivity index (χ3v) is 6.27. The number of esters is 1. The number of benzene rings is 2. The molecule has 0 saturated carbocycles. The molecule has 7 heteroatoms. The average molecular weight is 432 g/mol. The van der Waals surface area contributed by atoms with Crippen molar-refractivity contribution in [2.45, 2.75) is 64.0 Å². The highest BCUT2D eigenvalue weighted by Crippen LogP contribution is 2.22. The van der Waals surface area contributed by atoms with Crippen LogP contribution in [0, 0.1) is 6.92 Å². The highest BCUT2D eigenvalue weighted by atomic mass is 32.2. The van der Waals surface area contributed by atoms with Crippen molar-refractivity contribution in [3.8, 4) is 0 Å². The Labute approximate surface area is 178 Å². The van der Waals surface area contributed by atoms with Gasteiger partial charge in [-0.15, -0.1) is 0 Å². The summed E-state index contributed by atoms with van der Waals surface area (Å²) in [6.45, 7) is 10.9. The monoisotopic (exact) mass is 431 g/mol. The van der Waals surface area contributed by atoms with Crippen LogP contribution in [0.15, 0.2) is 53.4 Å².